The number of hydrogen-bond donors (Lipinski definition) is 1. The Balaban J connectivity index is 2.17. The Hall–Kier alpha value is -1.02. The monoisotopic (exact) mass is 232 g/mol. The fraction of sp³-hybridized carbons (Fsp3) is 0.600. The molecule has 0 aromatic heterocycles. The zero-order valence-electron chi connectivity index (χ0n) is 11.1. The van der Waals surface area contributed by atoms with Gasteiger partial charge in [0.15, 0.2) is 0 Å². The first-order chi connectivity index (χ1) is 8.36. The SMILES string of the molecule is CCCCN1CCC(NCC)c2ccccc21. The average Bonchev–Trinajstić information content (AvgIpc) is 2.38. The highest BCUT2D eigenvalue weighted by molar-refractivity contribution is 5.56. The van der Waals surface area contributed by atoms with Crippen LogP contribution in [0, 0.1) is 0 Å². The van der Waals surface area contributed by atoms with Crippen LogP contribution in [0.5, 0.6) is 0 Å². The standard InChI is InChI=1S/C15H24N2/c1-3-5-11-17-12-10-14(16-4-2)13-8-6-7-9-15(13)17/h6-9,14,16H,3-5,10-12H2,1-2H3. The number of rotatable bonds is 5. The average molecular weight is 232 g/mol. The molecule has 1 aromatic carbocycles. The lowest BCUT2D eigenvalue weighted by molar-refractivity contribution is 0.487. The maximum absolute atomic E-state index is 3.59. The molecule has 0 saturated heterocycles. The Morgan fingerprint density at radius 2 is 2.12 bits per heavy atom. The lowest BCUT2D eigenvalue weighted by Crippen LogP contribution is -2.36. The first-order valence-corrected chi connectivity index (χ1v) is 6.94. The number of benzene rings is 1. The molecule has 0 amide bonds. The van der Waals surface area contributed by atoms with Gasteiger partial charge in [0.05, 0.1) is 0 Å². The van der Waals surface area contributed by atoms with Crippen LogP contribution in [-0.4, -0.2) is 19.6 Å². The third kappa shape index (κ3) is 2.81. The first-order valence-electron chi connectivity index (χ1n) is 6.94. The smallest absolute Gasteiger partial charge is 0.0414 e. The highest BCUT2D eigenvalue weighted by atomic mass is 15.1. The molecule has 1 heterocycles. The number of para-hydroxylation sites is 1. The zero-order valence-corrected chi connectivity index (χ0v) is 11.1. The fourth-order valence-corrected chi connectivity index (χ4v) is 2.67. The van der Waals surface area contributed by atoms with Gasteiger partial charge in [-0.25, -0.2) is 0 Å². The van der Waals surface area contributed by atoms with Crippen LogP contribution in [0.3, 0.4) is 0 Å². The zero-order chi connectivity index (χ0) is 12.1. The van der Waals surface area contributed by atoms with Crippen LogP contribution in [0.2, 0.25) is 0 Å². The lowest BCUT2D eigenvalue weighted by Gasteiger charge is -2.36. The van der Waals surface area contributed by atoms with Crippen LogP contribution in [-0.2, 0) is 0 Å². The molecule has 0 radical (unpaired) electrons. The van der Waals surface area contributed by atoms with Crippen molar-refractivity contribution in [3.8, 4) is 0 Å². The summed E-state index contributed by atoms with van der Waals surface area (Å²) in [5.41, 5.74) is 2.93. The van der Waals surface area contributed by atoms with Gasteiger partial charge in [0.25, 0.3) is 0 Å². The van der Waals surface area contributed by atoms with Crippen LogP contribution >= 0.6 is 0 Å². The van der Waals surface area contributed by atoms with E-state index >= 15 is 0 Å². The largest absolute Gasteiger partial charge is 0.371 e. The molecule has 1 aliphatic heterocycles. The van der Waals surface area contributed by atoms with Gasteiger partial charge in [-0.05, 0) is 31.0 Å². The molecule has 2 nitrogen and oxygen atoms in total. The third-order valence-corrected chi connectivity index (χ3v) is 3.57. The minimum atomic E-state index is 0.550. The number of anilines is 1. The second-order valence-electron chi connectivity index (χ2n) is 4.80. The Morgan fingerprint density at radius 1 is 1.29 bits per heavy atom. The van der Waals surface area contributed by atoms with E-state index in [4.69, 9.17) is 0 Å². The van der Waals surface area contributed by atoms with E-state index in [0.29, 0.717) is 6.04 Å². The van der Waals surface area contributed by atoms with Gasteiger partial charge in [0.2, 0.25) is 0 Å². The van der Waals surface area contributed by atoms with Gasteiger partial charge in [-0.1, -0.05) is 38.5 Å². The lowest BCUT2D eigenvalue weighted by atomic mass is 9.96. The fourth-order valence-electron chi connectivity index (χ4n) is 2.67. The summed E-state index contributed by atoms with van der Waals surface area (Å²) in [4.78, 5) is 2.55. The summed E-state index contributed by atoms with van der Waals surface area (Å²) in [6, 6.07) is 9.42. The van der Waals surface area contributed by atoms with E-state index in [1.807, 2.05) is 0 Å². The van der Waals surface area contributed by atoms with Crippen LogP contribution in [0.1, 0.15) is 44.7 Å². The van der Waals surface area contributed by atoms with Gasteiger partial charge in [-0.2, -0.15) is 0 Å². The van der Waals surface area contributed by atoms with E-state index in [1.54, 1.807) is 0 Å². The van der Waals surface area contributed by atoms with Crippen molar-refractivity contribution in [1.82, 2.24) is 5.32 Å². The predicted molar refractivity (Wildman–Crippen MR) is 74.6 cm³/mol. The van der Waals surface area contributed by atoms with Gasteiger partial charge in [0.1, 0.15) is 0 Å². The van der Waals surface area contributed by atoms with Gasteiger partial charge in [0, 0.05) is 24.8 Å². The van der Waals surface area contributed by atoms with E-state index in [9.17, 15) is 0 Å². The summed E-state index contributed by atoms with van der Waals surface area (Å²) < 4.78 is 0. The molecule has 1 aromatic rings. The van der Waals surface area contributed by atoms with E-state index in [0.717, 1.165) is 6.54 Å². The highest BCUT2D eigenvalue weighted by Gasteiger charge is 2.23. The molecule has 0 aliphatic carbocycles. The molecular formula is C15H24N2. The van der Waals surface area contributed by atoms with Crippen molar-refractivity contribution in [1.29, 1.82) is 0 Å². The van der Waals surface area contributed by atoms with Crippen LogP contribution in [0.4, 0.5) is 5.69 Å². The molecule has 2 rings (SSSR count). The highest BCUT2D eigenvalue weighted by Crippen LogP contribution is 2.33. The van der Waals surface area contributed by atoms with Gasteiger partial charge >= 0.3 is 0 Å². The molecule has 0 saturated carbocycles. The Morgan fingerprint density at radius 3 is 2.88 bits per heavy atom. The van der Waals surface area contributed by atoms with Crippen molar-refractivity contribution < 1.29 is 0 Å². The van der Waals surface area contributed by atoms with E-state index in [2.05, 4.69) is 48.3 Å². The quantitative estimate of drug-likeness (QED) is 0.837. The summed E-state index contributed by atoms with van der Waals surface area (Å²) in [5, 5.41) is 3.59. The minimum Gasteiger partial charge on any atom is -0.371 e. The number of unbranched alkanes of at least 4 members (excludes halogenated alkanes) is 1. The second kappa shape index (κ2) is 6.06. The van der Waals surface area contributed by atoms with Crippen molar-refractivity contribution in [2.75, 3.05) is 24.5 Å². The molecule has 94 valence electrons. The Kier molecular flexibility index (Phi) is 4.43. The van der Waals surface area contributed by atoms with Crippen molar-refractivity contribution in [2.45, 2.75) is 39.2 Å². The maximum Gasteiger partial charge on any atom is 0.0414 e. The first kappa shape index (κ1) is 12.4. The van der Waals surface area contributed by atoms with Gasteiger partial charge in [-0.15, -0.1) is 0 Å². The van der Waals surface area contributed by atoms with E-state index < -0.39 is 0 Å². The number of hydrogen-bond acceptors (Lipinski definition) is 2. The predicted octanol–water partition coefficient (Wildman–Crippen LogP) is 3.35. The topological polar surface area (TPSA) is 15.3 Å². The molecule has 1 atom stereocenters. The van der Waals surface area contributed by atoms with Gasteiger partial charge in [-0.3, -0.25) is 0 Å². The Bertz CT molecular complexity index is 349. The minimum absolute atomic E-state index is 0.550. The molecule has 0 bridgehead atoms. The summed E-state index contributed by atoms with van der Waals surface area (Å²) in [6.45, 7) is 7.89. The molecule has 2 heteroatoms. The number of fused-ring (bicyclic) bond motifs is 1. The van der Waals surface area contributed by atoms with Crippen LogP contribution in [0.25, 0.3) is 0 Å². The summed E-state index contributed by atoms with van der Waals surface area (Å²) in [7, 11) is 0. The van der Waals surface area contributed by atoms with Crippen molar-refractivity contribution in [3.63, 3.8) is 0 Å². The second-order valence-corrected chi connectivity index (χ2v) is 4.80. The third-order valence-electron chi connectivity index (χ3n) is 3.57. The molecule has 0 spiro atoms. The van der Waals surface area contributed by atoms with E-state index in [1.165, 1.54) is 43.6 Å². The molecule has 1 N–H and O–H groups in total. The number of nitrogens with zero attached hydrogens (tertiary/aromatic N) is 1. The van der Waals surface area contributed by atoms with Gasteiger partial charge < -0.3 is 10.2 Å². The van der Waals surface area contributed by atoms with Crippen molar-refractivity contribution in [3.05, 3.63) is 29.8 Å². The van der Waals surface area contributed by atoms with E-state index in [-0.39, 0.29) is 0 Å². The summed E-state index contributed by atoms with van der Waals surface area (Å²) >= 11 is 0. The maximum atomic E-state index is 3.59. The van der Waals surface area contributed by atoms with Crippen molar-refractivity contribution in [2.24, 2.45) is 0 Å². The Labute approximate surface area is 105 Å². The molecule has 1 aliphatic rings. The van der Waals surface area contributed by atoms with Crippen LogP contribution < -0.4 is 10.2 Å². The summed E-state index contributed by atoms with van der Waals surface area (Å²) in [6.07, 6.45) is 3.80. The molecule has 1 unspecified atom stereocenters. The number of nitrogens with one attached hydrogen (secondary N) is 1. The molecule has 0 fully saturated rings. The molecule has 17 heavy (non-hydrogen) atoms. The van der Waals surface area contributed by atoms with Crippen LogP contribution in [0.15, 0.2) is 24.3 Å². The normalized spacial score (nSPS) is 19.2. The summed E-state index contributed by atoms with van der Waals surface area (Å²) in [5.74, 6) is 0. The van der Waals surface area contributed by atoms with Crippen molar-refractivity contribution >= 4 is 5.69 Å². The molecular weight excluding hydrogens is 208 g/mol.